The highest BCUT2D eigenvalue weighted by Crippen LogP contribution is 2.42. The van der Waals surface area contributed by atoms with E-state index in [1.165, 1.54) is 0 Å². The highest BCUT2D eigenvalue weighted by molar-refractivity contribution is 9.10. The number of halogens is 1. The number of ketones is 1. The van der Waals surface area contributed by atoms with Crippen molar-refractivity contribution in [1.82, 2.24) is 0 Å². The fourth-order valence-corrected chi connectivity index (χ4v) is 3.86. The van der Waals surface area contributed by atoms with Gasteiger partial charge in [-0.05, 0) is 40.5 Å². The molecule has 24 heavy (non-hydrogen) atoms. The summed E-state index contributed by atoms with van der Waals surface area (Å²) in [6, 6.07) is 22.4. The summed E-state index contributed by atoms with van der Waals surface area (Å²) in [5, 5.41) is 0. The molecule has 0 saturated heterocycles. The van der Waals surface area contributed by atoms with E-state index in [9.17, 15) is 4.79 Å². The molecule has 1 aliphatic carbocycles. The van der Waals surface area contributed by atoms with Crippen LogP contribution in [0.2, 0.25) is 0 Å². The standard InChI is InChI=1S/C22H17BrO/c1-22(2)19-6-4-3-5-17(19)21(24)18-12-9-15(13-20(18)22)14-7-10-16(23)11-8-14/h3-13H,1-2H3. The van der Waals surface area contributed by atoms with E-state index in [0.717, 1.165) is 37.9 Å². The van der Waals surface area contributed by atoms with Crippen LogP contribution in [0.4, 0.5) is 0 Å². The minimum Gasteiger partial charge on any atom is -0.289 e. The van der Waals surface area contributed by atoms with Crippen LogP contribution in [-0.2, 0) is 5.41 Å². The van der Waals surface area contributed by atoms with Crippen molar-refractivity contribution in [3.8, 4) is 11.1 Å². The van der Waals surface area contributed by atoms with E-state index in [4.69, 9.17) is 0 Å². The molecule has 0 bridgehead atoms. The van der Waals surface area contributed by atoms with Gasteiger partial charge in [0, 0.05) is 21.0 Å². The molecule has 1 aliphatic rings. The molecule has 0 aromatic heterocycles. The first-order valence-corrected chi connectivity index (χ1v) is 8.82. The molecule has 0 fully saturated rings. The van der Waals surface area contributed by atoms with Crippen LogP contribution in [-0.4, -0.2) is 5.78 Å². The molecule has 118 valence electrons. The molecule has 3 aromatic carbocycles. The molecule has 0 heterocycles. The first kappa shape index (κ1) is 15.3. The summed E-state index contributed by atoms with van der Waals surface area (Å²) in [5.41, 5.74) is 5.96. The third-order valence-corrected chi connectivity index (χ3v) is 5.49. The Balaban J connectivity index is 1.92. The summed E-state index contributed by atoms with van der Waals surface area (Å²) in [4.78, 5) is 12.9. The van der Waals surface area contributed by atoms with Gasteiger partial charge in [-0.2, -0.15) is 0 Å². The normalized spacial score (nSPS) is 14.9. The highest BCUT2D eigenvalue weighted by Gasteiger charge is 2.36. The van der Waals surface area contributed by atoms with Crippen molar-refractivity contribution in [1.29, 1.82) is 0 Å². The zero-order valence-electron chi connectivity index (χ0n) is 13.6. The van der Waals surface area contributed by atoms with Crippen molar-refractivity contribution < 1.29 is 4.79 Å². The van der Waals surface area contributed by atoms with Crippen LogP contribution in [0.15, 0.2) is 71.2 Å². The lowest BCUT2D eigenvalue weighted by Crippen LogP contribution is -2.30. The Bertz CT molecular complexity index is 952. The molecule has 1 nitrogen and oxygen atoms in total. The van der Waals surface area contributed by atoms with Gasteiger partial charge in [0.15, 0.2) is 5.78 Å². The second-order valence-electron chi connectivity index (χ2n) is 6.77. The monoisotopic (exact) mass is 376 g/mol. The Morgan fingerprint density at radius 2 is 1.38 bits per heavy atom. The van der Waals surface area contributed by atoms with Gasteiger partial charge in [0.1, 0.15) is 0 Å². The van der Waals surface area contributed by atoms with Crippen LogP contribution in [0, 0.1) is 0 Å². The number of carbonyl (C=O) groups is 1. The largest absolute Gasteiger partial charge is 0.289 e. The van der Waals surface area contributed by atoms with Crippen LogP contribution in [0.3, 0.4) is 0 Å². The summed E-state index contributed by atoms with van der Waals surface area (Å²) >= 11 is 3.48. The SMILES string of the molecule is CC1(C)c2ccccc2C(=O)c2ccc(-c3ccc(Br)cc3)cc21. The van der Waals surface area contributed by atoms with Gasteiger partial charge in [0.05, 0.1) is 0 Å². The molecular formula is C22H17BrO. The Morgan fingerprint density at radius 3 is 2.12 bits per heavy atom. The summed E-state index contributed by atoms with van der Waals surface area (Å²) in [6.45, 7) is 4.39. The Hall–Kier alpha value is -2.19. The molecular weight excluding hydrogens is 360 g/mol. The van der Waals surface area contributed by atoms with Gasteiger partial charge < -0.3 is 0 Å². The summed E-state index contributed by atoms with van der Waals surface area (Å²) in [5.74, 6) is 0.127. The molecule has 0 spiro atoms. The predicted molar refractivity (Wildman–Crippen MR) is 102 cm³/mol. The quantitative estimate of drug-likeness (QED) is 0.509. The number of benzene rings is 3. The zero-order valence-corrected chi connectivity index (χ0v) is 15.2. The third kappa shape index (κ3) is 2.25. The summed E-state index contributed by atoms with van der Waals surface area (Å²) < 4.78 is 1.06. The number of hydrogen-bond acceptors (Lipinski definition) is 1. The lowest BCUT2D eigenvalue weighted by Gasteiger charge is -2.34. The minimum atomic E-state index is -0.189. The van der Waals surface area contributed by atoms with E-state index in [0.29, 0.717) is 0 Å². The van der Waals surface area contributed by atoms with Crippen molar-refractivity contribution in [2.24, 2.45) is 0 Å². The maximum Gasteiger partial charge on any atom is 0.193 e. The van der Waals surface area contributed by atoms with Crippen LogP contribution >= 0.6 is 15.9 Å². The summed E-state index contributed by atoms with van der Waals surface area (Å²) in [6.07, 6.45) is 0. The van der Waals surface area contributed by atoms with Crippen molar-refractivity contribution in [2.75, 3.05) is 0 Å². The van der Waals surface area contributed by atoms with Gasteiger partial charge in [-0.15, -0.1) is 0 Å². The first-order valence-electron chi connectivity index (χ1n) is 8.03. The minimum absolute atomic E-state index is 0.127. The molecule has 3 aromatic rings. The maximum absolute atomic E-state index is 12.9. The van der Waals surface area contributed by atoms with Crippen LogP contribution in [0.1, 0.15) is 40.9 Å². The van der Waals surface area contributed by atoms with Gasteiger partial charge in [0.25, 0.3) is 0 Å². The third-order valence-electron chi connectivity index (χ3n) is 4.96. The fourth-order valence-electron chi connectivity index (χ4n) is 3.60. The molecule has 0 N–H and O–H groups in total. The molecule has 0 saturated carbocycles. The highest BCUT2D eigenvalue weighted by atomic mass is 79.9. The Labute approximate surface area is 150 Å². The van der Waals surface area contributed by atoms with Crippen molar-refractivity contribution in [3.05, 3.63) is 93.5 Å². The Morgan fingerprint density at radius 1 is 0.750 bits per heavy atom. The molecule has 0 unspecified atom stereocenters. The van der Waals surface area contributed by atoms with Crippen LogP contribution in [0.5, 0.6) is 0 Å². The van der Waals surface area contributed by atoms with Crippen molar-refractivity contribution in [3.63, 3.8) is 0 Å². The number of hydrogen-bond donors (Lipinski definition) is 0. The van der Waals surface area contributed by atoms with Gasteiger partial charge in [0.2, 0.25) is 0 Å². The zero-order chi connectivity index (χ0) is 16.9. The lowest BCUT2D eigenvalue weighted by molar-refractivity contribution is 0.103. The van der Waals surface area contributed by atoms with Gasteiger partial charge in [-0.3, -0.25) is 4.79 Å². The van der Waals surface area contributed by atoms with Crippen LogP contribution < -0.4 is 0 Å². The smallest absolute Gasteiger partial charge is 0.193 e. The van der Waals surface area contributed by atoms with Crippen LogP contribution in [0.25, 0.3) is 11.1 Å². The molecule has 4 rings (SSSR count). The molecule has 2 heteroatoms. The van der Waals surface area contributed by atoms with Gasteiger partial charge in [-0.1, -0.05) is 78.3 Å². The lowest BCUT2D eigenvalue weighted by atomic mass is 9.68. The average molecular weight is 377 g/mol. The Kier molecular flexibility index (Phi) is 3.47. The second-order valence-corrected chi connectivity index (χ2v) is 7.68. The topological polar surface area (TPSA) is 17.1 Å². The average Bonchev–Trinajstić information content (AvgIpc) is 2.60. The molecule has 0 aliphatic heterocycles. The number of rotatable bonds is 1. The molecule has 0 amide bonds. The maximum atomic E-state index is 12.9. The van der Waals surface area contributed by atoms with Crippen molar-refractivity contribution >= 4 is 21.7 Å². The molecule has 0 radical (unpaired) electrons. The number of fused-ring (bicyclic) bond motifs is 2. The van der Waals surface area contributed by atoms with E-state index in [-0.39, 0.29) is 11.2 Å². The van der Waals surface area contributed by atoms with E-state index >= 15 is 0 Å². The van der Waals surface area contributed by atoms with Gasteiger partial charge >= 0.3 is 0 Å². The second kappa shape index (κ2) is 5.42. The number of carbonyl (C=O) groups excluding carboxylic acids is 1. The summed E-state index contributed by atoms with van der Waals surface area (Å²) in [7, 11) is 0. The fraction of sp³-hybridized carbons (Fsp3) is 0.136. The first-order chi connectivity index (χ1) is 11.5. The van der Waals surface area contributed by atoms with E-state index < -0.39 is 0 Å². The van der Waals surface area contributed by atoms with E-state index in [1.807, 2.05) is 42.5 Å². The van der Waals surface area contributed by atoms with E-state index in [2.05, 4.69) is 54.0 Å². The molecule has 0 atom stereocenters. The van der Waals surface area contributed by atoms with Crippen molar-refractivity contribution in [2.45, 2.75) is 19.3 Å². The van der Waals surface area contributed by atoms with Gasteiger partial charge in [-0.25, -0.2) is 0 Å². The predicted octanol–water partition coefficient (Wildman–Crippen LogP) is 5.99. The van der Waals surface area contributed by atoms with E-state index in [1.54, 1.807) is 0 Å².